The van der Waals surface area contributed by atoms with Gasteiger partial charge in [0, 0.05) is 11.1 Å². The number of alkyl halides is 3. The van der Waals surface area contributed by atoms with E-state index >= 15 is 0 Å². The van der Waals surface area contributed by atoms with Crippen molar-refractivity contribution in [1.82, 2.24) is 0 Å². The fourth-order valence-electron chi connectivity index (χ4n) is 3.25. The molecule has 0 radical (unpaired) electrons. The summed E-state index contributed by atoms with van der Waals surface area (Å²) in [5.74, 6) is -2.08. The van der Waals surface area contributed by atoms with Crippen LogP contribution in [0, 0.1) is 0 Å². The Morgan fingerprint density at radius 3 is 2.31 bits per heavy atom. The van der Waals surface area contributed by atoms with Crippen LogP contribution in [0.3, 0.4) is 0 Å². The molecule has 4 rings (SSSR count). The van der Waals surface area contributed by atoms with Crippen LogP contribution in [0.25, 0.3) is 22.1 Å². The van der Waals surface area contributed by atoms with Crippen molar-refractivity contribution in [1.29, 1.82) is 0 Å². The van der Waals surface area contributed by atoms with Crippen molar-refractivity contribution in [3.8, 4) is 16.9 Å². The number of hydrogen-bond donors (Lipinski definition) is 0. The van der Waals surface area contributed by atoms with Crippen molar-refractivity contribution < 1.29 is 27.1 Å². The van der Waals surface area contributed by atoms with E-state index in [1.54, 1.807) is 30.3 Å². The first-order valence-electron chi connectivity index (χ1n) is 9.41. The minimum Gasteiger partial charge on any atom is -0.450 e. The number of esters is 1. The van der Waals surface area contributed by atoms with Gasteiger partial charge in [-0.3, -0.25) is 9.59 Å². The second-order valence-electron chi connectivity index (χ2n) is 6.93. The van der Waals surface area contributed by atoms with Gasteiger partial charge < -0.3 is 9.15 Å². The van der Waals surface area contributed by atoms with Crippen molar-refractivity contribution in [2.45, 2.75) is 12.6 Å². The summed E-state index contributed by atoms with van der Waals surface area (Å²) in [6, 6.07) is 17.9. The van der Waals surface area contributed by atoms with E-state index in [1.165, 1.54) is 36.4 Å². The molecule has 0 saturated heterocycles. The number of halogens is 4. The zero-order chi connectivity index (χ0) is 22.9. The Balaban J connectivity index is 1.75. The molecule has 4 aromatic rings. The van der Waals surface area contributed by atoms with Gasteiger partial charge in [-0.1, -0.05) is 54.1 Å². The Morgan fingerprint density at radius 1 is 0.969 bits per heavy atom. The van der Waals surface area contributed by atoms with Crippen LogP contribution >= 0.6 is 11.6 Å². The zero-order valence-electron chi connectivity index (χ0n) is 16.3. The summed E-state index contributed by atoms with van der Waals surface area (Å²) >= 11 is 5.81. The van der Waals surface area contributed by atoms with E-state index in [-0.39, 0.29) is 28.7 Å². The predicted octanol–water partition coefficient (Wildman–Crippen LogP) is 6.28. The molecule has 1 aromatic heterocycles. The lowest BCUT2D eigenvalue weighted by molar-refractivity contribution is -0.152. The van der Waals surface area contributed by atoms with Crippen LogP contribution in [0.2, 0.25) is 5.02 Å². The third-order valence-electron chi connectivity index (χ3n) is 4.68. The van der Waals surface area contributed by atoms with Crippen LogP contribution in [-0.2, 0) is 17.4 Å². The monoisotopic (exact) mass is 458 g/mol. The smallest absolute Gasteiger partial charge is 0.450 e. The molecule has 0 unspecified atom stereocenters. The van der Waals surface area contributed by atoms with E-state index in [0.717, 1.165) is 11.6 Å². The van der Waals surface area contributed by atoms with Crippen molar-refractivity contribution in [3.63, 3.8) is 0 Å². The molecule has 8 heteroatoms. The highest BCUT2D eigenvalue weighted by atomic mass is 35.5. The molecule has 32 heavy (non-hydrogen) atoms. The number of carbonyl (C=O) groups excluding carboxylic acids is 1. The number of carbonyl (C=O) groups is 1. The highest BCUT2D eigenvalue weighted by Gasteiger charge is 2.39. The highest BCUT2D eigenvalue weighted by molar-refractivity contribution is 6.30. The molecule has 4 nitrogen and oxygen atoms in total. The quantitative estimate of drug-likeness (QED) is 0.267. The molecule has 0 amide bonds. The molecule has 0 N–H and O–H groups in total. The van der Waals surface area contributed by atoms with Gasteiger partial charge in [-0.2, -0.15) is 13.2 Å². The van der Waals surface area contributed by atoms with Gasteiger partial charge in [0.2, 0.25) is 11.2 Å². The standard InChI is InChI=1S/C24H14ClF3O4/c25-16-8-6-15(7-9-16)21-22(30)18-11-10-17(13-19(18)32-23(21)24(26,27)28)31-20(29)12-14-4-2-1-3-5-14/h1-11,13H,12H2. The molecule has 0 spiro atoms. The zero-order valence-corrected chi connectivity index (χ0v) is 17.0. The van der Waals surface area contributed by atoms with Gasteiger partial charge in [-0.25, -0.2) is 0 Å². The molecule has 0 aliphatic heterocycles. The summed E-state index contributed by atoms with van der Waals surface area (Å²) < 4.78 is 51.5. The molecule has 1 heterocycles. The van der Waals surface area contributed by atoms with E-state index < -0.39 is 28.9 Å². The Labute approximate surface area is 184 Å². The Kier molecular flexibility index (Phi) is 5.76. The number of rotatable bonds is 4. The lowest BCUT2D eigenvalue weighted by atomic mass is 10.0. The van der Waals surface area contributed by atoms with Crippen LogP contribution in [0.5, 0.6) is 5.75 Å². The fraction of sp³-hybridized carbons (Fsp3) is 0.0833. The number of ether oxygens (including phenoxy) is 1. The Bertz CT molecular complexity index is 1340. The first-order chi connectivity index (χ1) is 15.2. The molecular weight excluding hydrogens is 445 g/mol. The largest absolute Gasteiger partial charge is 0.450 e. The maximum absolute atomic E-state index is 13.7. The SMILES string of the molecule is O=C(Cc1ccccc1)Oc1ccc2c(=O)c(-c3ccc(Cl)cc3)c(C(F)(F)F)oc2c1. The lowest BCUT2D eigenvalue weighted by Crippen LogP contribution is -2.16. The normalized spacial score (nSPS) is 11.5. The van der Waals surface area contributed by atoms with E-state index in [4.69, 9.17) is 20.8 Å². The van der Waals surface area contributed by atoms with Gasteiger partial charge in [-0.05, 0) is 35.4 Å². The number of hydrogen-bond acceptors (Lipinski definition) is 4. The van der Waals surface area contributed by atoms with Crippen molar-refractivity contribution in [2.75, 3.05) is 0 Å². The van der Waals surface area contributed by atoms with Crippen LogP contribution in [0.1, 0.15) is 11.3 Å². The van der Waals surface area contributed by atoms with Gasteiger partial charge in [0.15, 0.2) is 0 Å². The lowest BCUT2D eigenvalue weighted by Gasteiger charge is -2.13. The fourth-order valence-corrected chi connectivity index (χ4v) is 3.37. The van der Waals surface area contributed by atoms with Crippen molar-refractivity contribution in [3.05, 3.63) is 99.4 Å². The molecule has 162 valence electrons. The molecule has 0 fully saturated rings. The van der Waals surface area contributed by atoms with Gasteiger partial charge in [0.1, 0.15) is 11.3 Å². The first kappa shape index (κ1) is 21.6. The summed E-state index contributed by atoms with van der Waals surface area (Å²) in [4.78, 5) is 25.1. The van der Waals surface area contributed by atoms with Crippen molar-refractivity contribution in [2.24, 2.45) is 0 Å². The van der Waals surface area contributed by atoms with Gasteiger partial charge in [0.05, 0.1) is 17.4 Å². The Morgan fingerprint density at radius 2 is 1.66 bits per heavy atom. The predicted molar refractivity (Wildman–Crippen MR) is 114 cm³/mol. The van der Waals surface area contributed by atoms with E-state index in [2.05, 4.69) is 0 Å². The van der Waals surface area contributed by atoms with Crippen LogP contribution in [-0.4, -0.2) is 5.97 Å². The summed E-state index contributed by atoms with van der Waals surface area (Å²) in [5, 5.41) is 0.236. The maximum Gasteiger partial charge on any atom is 0.450 e. The second-order valence-corrected chi connectivity index (χ2v) is 7.37. The summed E-state index contributed by atoms with van der Waals surface area (Å²) in [6.07, 6.45) is -4.95. The minimum absolute atomic E-state index is 0.0217. The maximum atomic E-state index is 13.7. The van der Waals surface area contributed by atoms with Crippen LogP contribution in [0.15, 0.2) is 82.0 Å². The third kappa shape index (κ3) is 4.53. The highest BCUT2D eigenvalue weighted by Crippen LogP contribution is 2.38. The molecule has 0 atom stereocenters. The van der Waals surface area contributed by atoms with Crippen LogP contribution < -0.4 is 10.2 Å². The average Bonchev–Trinajstić information content (AvgIpc) is 2.74. The van der Waals surface area contributed by atoms with Gasteiger partial charge >= 0.3 is 12.1 Å². The van der Waals surface area contributed by atoms with Gasteiger partial charge in [0.25, 0.3) is 0 Å². The summed E-state index contributed by atoms with van der Waals surface area (Å²) in [7, 11) is 0. The Hall–Kier alpha value is -3.58. The van der Waals surface area contributed by atoms with Crippen LogP contribution in [0.4, 0.5) is 13.2 Å². The number of fused-ring (bicyclic) bond motifs is 1. The molecule has 3 aromatic carbocycles. The third-order valence-corrected chi connectivity index (χ3v) is 4.93. The average molecular weight is 459 g/mol. The first-order valence-corrected chi connectivity index (χ1v) is 9.79. The molecule has 0 aliphatic carbocycles. The second kappa shape index (κ2) is 8.51. The minimum atomic E-state index is -4.93. The molecule has 0 aliphatic rings. The number of benzene rings is 3. The van der Waals surface area contributed by atoms with Crippen molar-refractivity contribution >= 4 is 28.5 Å². The van der Waals surface area contributed by atoms with E-state index in [0.29, 0.717) is 5.02 Å². The van der Waals surface area contributed by atoms with Gasteiger partial charge in [-0.15, -0.1) is 0 Å². The molecule has 0 bridgehead atoms. The summed E-state index contributed by atoms with van der Waals surface area (Å²) in [5.41, 5.74) is -1.07. The summed E-state index contributed by atoms with van der Waals surface area (Å²) in [6.45, 7) is 0. The van der Waals surface area contributed by atoms with E-state index in [1.807, 2.05) is 0 Å². The topological polar surface area (TPSA) is 56.5 Å². The van der Waals surface area contributed by atoms with E-state index in [9.17, 15) is 22.8 Å². The molecular formula is C24H14ClF3O4. The molecule has 0 saturated carbocycles.